The maximum atomic E-state index is 12.2. The Bertz CT molecular complexity index is 470. The number of rotatable bonds is 5. The van der Waals surface area contributed by atoms with Gasteiger partial charge >= 0.3 is 5.97 Å². The highest BCUT2D eigenvalue weighted by Crippen LogP contribution is 2.32. The van der Waals surface area contributed by atoms with E-state index in [9.17, 15) is 9.59 Å². The van der Waals surface area contributed by atoms with E-state index in [2.05, 4.69) is 37.2 Å². The maximum absolute atomic E-state index is 12.2. The van der Waals surface area contributed by atoms with E-state index in [1.165, 1.54) is 18.4 Å². The van der Waals surface area contributed by atoms with E-state index in [-0.39, 0.29) is 5.91 Å². The van der Waals surface area contributed by atoms with E-state index in [1.54, 1.807) is 13.0 Å². The van der Waals surface area contributed by atoms with Gasteiger partial charge in [0.05, 0.1) is 15.8 Å². The molecule has 0 fully saturated rings. The number of halogens is 2. The zero-order valence-corrected chi connectivity index (χ0v) is 14.9. The van der Waals surface area contributed by atoms with Gasteiger partial charge in [-0.25, -0.2) is 4.79 Å². The molecule has 1 atom stereocenters. The Kier molecular flexibility index (Phi) is 6.01. The first-order chi connectivity index (χ1) is 8.84. The molecule has 0 radical (unpaired) electrons. The topological polar surface area (TPSA) is 55.4 Å². The van der Waals surface area contributed by atoms with Gasteiger partial charge in [-0.2, -0.15) is 0 Å². The number of carbonyl (C=O) groups is 2. The van der Waals surface area contributed by atoms with E-state index < -0.39 is 11.5 Å². The summed E-state index contributed by atoms with van der Waals surface area (Å²) < 4.78 is 6.42. The smallest absolute Gasteiger partial charge is 0.331 e. The zero-order valence-electron chi connectivity index (χ0n) is 10.9. The second-order valence-electron chi connectivity index (χ2n) is 4.26. The van der Waals surface area contributed by atoms with Crippen LogP contribution in [0.25, 0.3) is 0 Å². The Labute approximate surface area is 133 Å². The minimum atomic E-state index is -0.997. The Morgan fingerprint density at radius 2 is 2.11 bits per heavy atom. The van der Waals surface area contributed by atoms with Gasteiger partial charge < -0.3 is 10.1 Å². The fourth-order valence-corrected chi connectivity index (χ4v) is 3.64. The lowest BCUT2D eigenvalue weighted by atomic mass is 9.96. The van der Waals surface area contributed by atoms with Crippen molar-refractivity contribution < 1.29 is 14.3 Å². The van der Waals surface area contributed by atoms with Crippen molar-refractivity contribution in [2.75, 3.05) is 7.11 Å². The van der Waals surface area contributed by atoms with Crippen molar-refractivity contribution in [2.45, 2.75) is 32.2 Å². The first-order valence-electron chi connectivity index (χ1n) is 5.69. The van der Waals surface area contributed by atoms with Crippen LogP contribution < -0.4 is 5.32 Å². The molecule has 7 heteroatoms. The van der Waals surface area contributed by atoms with E-state index in [1.807, 2.05) is 6.92 Å². The Balaban J connectivity index is 2.90. The third-order valence-corrected chi connectivity index (χ3v) is 5.90. The molecule has 1 N–H and O–H groups in total. The number of hydrogen-bond acceptors (Lipinski definition) is 4. The second-order valence-corrected chi connectivity index (χ2v) is 7.48. The summed E-state index contributed by atoms with van der Waals surface area (Å²) in [6, 6.07) is 1.72. The molecule has 0 aliphatic heterocycles. The van der Waals surface area contributed by atoms with Crippen LogP contribution in [-0.2, 0) is 9.53 Å². The average molecular weight is 413 g/mol. The number of ether oxygens (including phenoxy) is 1. The molecule has 1 aromatic rings. The lowest BCUT2D eigenvalue weighted by Crippen LogP contribution is -2.52. The summed E-state index contributed by atoms with van der Waals surface area (Å²) in [5.74, 6) is -0.713. The molecule has 1 unspecified atom stereocenters. The van der Waals surface area contributed by atoms with Crippen molar-refractivity contribution >= 4 is 55.1 Å². The molecule has 1 aromatic heterocycles. The Hall–Kier alpha value is -0.400. The fourth-order valence-electron chi connectivity index (χ4n) is 1.71. The van der Waals surface area contributed by atoms with Crippen molar-refractivity contribution in [3.8, 4) is 0 Å². The molecule has 0 saturated carbocycles. The molecule has 0 saturated heterocycles. The van der Waals surface area contributed by atoms with Crippen LogP contribution in [0.3, 0.4) is 0 Å². The summed E-state index contributed by atoms with van der Waals surface area (Å²) in [7, 11) is 1.32. The predicted molar refractivity (Wildman–Crippen MR) is 82.5 cm³/mol. The third kappa shape index (κ3) is 4.03. The summed E-state index contributed by atoms with van der Waals surface area (Å²) in [5, 5.41) is 2.76. The van der Waals surface area contributed by atoms with Gasteiger partial charge in [0.2, 0.25) is 0 Å². The van der Waals surface area contributed by atoms with Crippen LogP contribution in [0.4, 0.5) is 0 Å². The highest BCUT2D eigenvalue weighted by molar-refractivity contribution is 9.13. The molecule has 0 spiro atoms. The van der Waals surface area contributed by atoms with Crippen molar-refractivity contribution in [1.82, 2.24) is 5.32 Å². The van der Waals surface area contributed by atoms with E-state index in [0.29, 0.717) is 11.3 Å². The molecule has 19 heavy (non-hydrogen) atoms. The molecule has 106 valence electrons. The molecule has 4 nitrogen and oxygen atoms in total. The maximum Gasteiger partial charge on any atom is 0.331 e. The summed E-state index contributed by atoms with van der Waals surface area (Å²) in [6.45, 7) is 3.63. The van der Waals surface area contributed by atoms with Crippen LogP contribution in [0, 0.1) is 0 Å². The second kappa shape index (κ2) is 6.85. The van der Waals surface area contributed by atoms with Gasteiger partial charge in [-0.05, 0) is 51.3 Å². The quantitative estimate of drug-likeness (QED) is 0.749. The lowest BCUT2D eigenvalue weighted by molar-refractivity contribution is -0.147. The van der Waals surface area contributed by atoms with Crippen LogP contribution in [0.5, 0.6) is 0 Å². The first kappa shape index (κ1) is 16.7. The summed E-state index contributed by atoms with van der Waals surface area (Å²) >= 11 is 7.97. The molecule has 0 aromatic carbocycles. The molecular formula is C12H15Br2NO3S. The molecule has 1 rings (SSSR count). The van der Waals surface area contributed by atoms with Gasteiger partial charge in [-0.1, -0.05) is 13.3 Å². The minimum Gasteiger partial charge on any atom is -0.467 e. The SMILES string of the molecule is CCCC(C)(NC(=O)c1cc(Br)c(Br)s1)C(=O)OC. The number of esters is 1. The van der Waals surface area contributed by atoms with Crippen LogP contribution in [0.1, 0.15) is 36.4 Å². The molecule has 0 bridgehead atoms. The standard InChI is InChI=1S/C12H15Br2NO3S/c1-4-5-12(2,11(17)18-3)15-10(16)8-6-7(13)9(14)19-8/h6H,4-5H2,1-3H3,(H,15,16). The minimum absolute atomic E-state index is 0.280. The number of hydrogen-bond donors (Lipinski definition) is 1. The molecule has 1 amide bonds. The van der Waals surface area contributed by atoms with Gasteiger partial charge in [-0.15, -0.1) is 11.3 Å². The van der Waals surface area contributed by atoms with Gasteiger partial charge in [-0.3, -0.25) is 4.79 Å². The highest BCUT2D eigenvalue weighted by Gasteiger charge is 2.35. The number of nitrogens with one attached hydrogen (secondary N) is 1. The van der Waals surface area contributed by atoms with Crippen molar-refractivity contribution in [2.24, 2.45) is 0 Å². The average Bonchev–Trinajstić information content (AvgIpc) is 2.69. The number of amides is 1. The number of thiophene rings is 1. The van der Waals surface area contributed by atoms with E-state index in [0.717, 1.165) is 14.7 Å². The predicted octanol–water partition coefficient (Wildman–Crippen LogP) is 3.73. The molecular weight excluding hydrogens is 398 g/mol. The Morgan fingerprint density at radius 3 is 2.53 bits per heavy atom. The molecule has 0 aliphatic rings. The third-order valence-electron chi connectivity index (χ3n) is 2.64. The number of carbonyl (C=O) groups excluding carboxylic acids is 2. The van der Waals surface area contributed by atoms with Crippen LogP contribution in [0.2, 0.25) is 0 Å². The normalized spacial score (nSPS) is 13.7. The molecule has 1 heterocycles. The largest absolute Gasteiger partial charge is 0.467 e. The van der Waals surface area contributed by atoms with Crippen LogP contribution >= 0.6 is 43.2 Å². The van der Waals surface area contributed by atoms with Crippen molar-refractivity contribution in [3.63, 3.8) is 0 Å². The monoisotopic (exact) mass is 411 g/mol. The van der Waals surface area contributed by atoms with Crippen molar-refractivity contribution in [3.05, 3.63) is 19.2 Å². The van der Waals surface area contributed by atoms with Gasteiger partial charge in [0.25, 0.3) is 5.91 Å². The molecule has 0 aliphatic carbocycles. The summed E-state index contributed by atoms with van der Waals surface area (Å²) in [5.41, 5.74) is -0.997. The highest BCUT2D eigenvalue weighted by atomic mass is 79.9. The first-order valence-corrected chi connectivity index (χ1v) is 8.10. The van der Waals surface area contributed by atoms with Crippen LogP contribution in [-0.4, -0.2) is 24.5 Å². The van der Waals surface area contributed by atoms with Crippen LogP contribution in [0.15, 0.2) is 14.3 Å². The van der Waals surface area contributed by atoms with Gasteiger partial charge in [0, 0.05) is 4.47 Å². The summed E-state index contributed by atoms with van der Waals surface area (Å²) in [4.78, 5) is 24.5. The van der Waals surface area contributed by atoms with Gasteiger partial charge in [0.1, 0.15) is 5.54 Å². The van der Waals surface area contributed by atoms with E-state index >= 15 is 0 Å². The summed E-state index contributed by atoms with van der Waals surface area (Å²) in [6.07, 6.45) is 1.29. The number of methoxy groups -OCH3 is 1. The van der Waals surface area contributed by atoms with Gasteiger partial charge in [0.15, 0.2) is 0 Å². The zero-order chi connectivity index (χ0) is 14.6. The Morgan fingerprint density at radius 1 is 1.47 bits per heavy atom. The van der Waals surface area contributed by atoms with E-state index in [4.69, 9.17) is 4.74 Å². The lowest BCUT2D eigenvalue weighted by Gasteiger charge is -2.27. The fraction of sp³-hybridized carbons (Fsp3) is 0.500. The van der Waals surface area contributed by atoms with Crippen molar-refractivity contribution in [1.29, 1.82) is 0 Å².